The number of hydrogen-bond donors (Lipinski definition) is 0. The number of unbranched alkanes of at least 4 members (excludes halogenated alkanes) is 5. The summed E-state index contributed by atoms with van der Waals surface area (Å²) in [5.74, 6) is -1.58. The van der Waals surface area contributed by atoms with Gasteiger partial charge in [-0.3, -0.25) is 14.4 Å². The highest BCUT2D eigenvalue weighted by atomic mass is 16.7. The van der Waals surface area contributed by atoms with E-state index >= 15 is 0 Å². The quantitative estimate of drug-likeness (QED) is 0.279. The van der Waals surface area contributed by atoms with Crippen LogP contribution in [-0.2, 0) is 38.1 Å². The maximum absolute atomic E-state index is 11.5. The van der Waals surface area contributed by atoms with Gasteiger partial charge in [0.1, 0.15) is 12.2 Å². The highest BCUT2D eigenvalue weighted by Gasteiger charge is 2.52. The first kappa shape index (κ1) is 24.4. The van der Waals surface area contributed by atoms with Crippen molar-refractivity contribution in [3.05, 3.63) is 0 Å². The van der Waals surface area contributed by atoms with Crippen molar-refractivity contribution in [1.82, 2.24) is 0 Å². The molecule has 0 aromatic rings. The molecule has 0 aliphatic carbocycles. The Hall–Kier alpha value is -1.67. The summed E-state index contributed by atoms with van der Waals surface area (Å²) in [4.78, 5) is 34.4. The predicted molar refractivity (Wildman–Crippen MR) is 100 cm³/mol. The minimum atomic E-state index is -0.926. The van der Waals surface area contributed by atoms with Crippen LogP contribution in [0.3, 0.4) is 0 Å². The number of carbonyl (C=O) groups is 3. The van der Waals surface area contributed by atoms with Crippen LogP contribution in [0.5, 0.6) is 0 Å². The number of carbonyl (C=O) groups excluding carboxylic acids is 3. The van der Waals surface area contributed by atoms with Crippen molar-refractivity contribution in [3.63, 3.8) is 0 Å². The fourth-order valence-electron chi connectivity index (χ4n) is 3.21. The van der Waals surface area contributed by atoms with Gasteiger partial charge in [-0.25, -0.2) is 0 Å². The SMILES string of the molecule is CCCCCCCCO[C@@H]1O[C@@H]([C@@H](C)OC(C)=O)[C@H](OC(C)=O)[C@H]1OC(C)=O. The molecule has 0 amide bonds. The van der Waals surface area contributed by atoms with Gasteiger partial charge in [0, 0.05) is 27.4 Å². The molecular formula is C20H34O8. The Morgan fingerprint density at radius 3 is 2.00 bits per heavy atom. The van der Waals surface area contributed by atoms with Gasteiger partial charge >= 0.3 is 17.9 Å². The van der Waals surface area contributed by atoms with E-state index < -0.39 is 48.6 Å². The third kappa shape index (κ3) is 8.56. The molecule has 8 nitrogen and oxygen atoms in total. The summed E-state index contributed by atoms with van der Waals surface area (Å²) in [5.41, 5.74) is 0. The summed E-state index contributed by atoms with van der Waals surface area (Å²) in [7, 11) is 0. The first-order valence-electron chi connectivity index (χ1n) is 10.0. The molecule has 0 saturated carbocycles. The highest BCUT2D eigenvalue weighted by molar-refractivity contribution is 5.68. The lowest BCUT2D eigenvalue weighted by Gasteiger charge is -2.25. The van der Waals surface area contributed by atoms with Crippen LogP contribution in [0.1, 0.15) is 73.1 Å². The largest absolute Gasteiger partial charge is 0.460 e. The van der Waals surface area contributed by atoms with Crippen LogP contribution in [0.4, 0.5) is 0 Å². The molecule has 0 aromatic carbocycles. The van der Waals surface area contributed by atoms with Crippen molar-refractivity contribution in [1.29, 1.82) is 0 Å². The van der Waals surface area contributed by atoms with Crippen LogP contribution < -0.4 is 0 Å². The van der Waals surface area contributed by atoms with E-state index in [0.29, 0.717) is 6.61 Å². The van der Waals surface area contributed by atoms with Crippen molar-refractivity contribution in [3.8, 4) is 0 Å². The second-order valence-corrected chi connectivity index (χ2v) is 7.07. The molecule has 0 spiro atoms. The standard InChI is InChI=1S/C20H34O8/c1-6-7-8-9-10-11-12-24-20-19(27-16(5)23)18(26-15(4)22)17(28-20)13(2)25-14(3)21/h13,17-20H,6-12H2,1-5H3/t13-,17+,18+,19-,20-/m1/s1. The van der Waals surface area contributed by atoms with E-state index in [0.717, 1.165) is 19.3 Å². The summed E-state index contributed by atoms with van der Waals surface area (Å²) in [6.07, 6.45) is 2.37. The van der Waals surface area contributed by atoms with Crippen molar-refractivity contribution in [2.45, 2.75) is 104 Å². The van der Waals surface area contributed by atoms with Crippen LogP contribution in [0, 0.1) is 0 Å². The molecule has 1 aliphatic rings. The Morgan fingerprint density at radius 2 is 1.43 bits per heavy atom. The summed E-state index contributed by atoms with van der Waals surface area (Å²) in [5, 5.41) is 0. The zero-order valence-electron chi connectivity index (χ0n) is 17.6. The maximum Gasteiger partial charge on any atom is 0.303 e. The minimum absolute atomic E-state index is 0.427. The molecule has 1 heterocycles. The zero-order chi connectivity index (χ0) is 21.1. The fourth-order valence-corrected chi connectivity index (χ4v) is 3.21. The van der Waals surface area contributed by atoms with Gasteiger partial charge in [0.05, 0.1) is 0 Å². The van der Waals surface area contributed by atoms with Crippen LogP contribution in [0.2, 0.25) is 0 Å². The normalized spacial score (nSPS) is 25.2. The molecule has 5 atom stereocenters. The highest BCUT2D eigenvalue weighted by Crippen LogP contribution is 2.31. The summed E-state index contributed by atoms with van der Waals surface area (Å²) in [6.45, 7) is 8.02. The number of ether oxygens (including phenoxy) is 5. The van der Waals surface area contributed by atoms with E-state index in [1.165, 1.54) is 40.0 Å². The van der Waals surface area contributed by atoms with E-state index in [4.69, 9.17) is 23.7 Å². The molecule has 1 aliphatic heterocycles. The fraction of sp³-hybridized carbons (Fsp3) is 0.850. The van der Waals surface area contributed by atoms with E-state index in [1.54, 1.807) is 6.92 Å². The maximum atomic E-state index is 11.5. The molecule has 1 saturated heterocycles. The molecule has 1 rings (SSSR count). The number of rotatable bonds is 12. The molecule has 8 heteroatoms. The second-order valence-electron chi connectivity index (χ2n) is 7.07. The van der Waals surface area contributed by atoms with E-state index in [1.807, 2.05) is 0 Å². The Kier molecular flexibility index (Phi) is 11.1. The van der Waals surface area contributed by atoms with Gasteiger partial charge in [0.15, 0.2) is 18.5 Å². The average molecular weight is 402 g/mol. The molecule has 0 bridgehead atoms. The summed E-state index contributed by atoms with van der Waals surface area (Å²) in [6, 6.07) is 0. The molecule has 0 unspecified atom stereocenters. The third-order valence-electron chi connectivity index (χ3n) is 4.41. The number of hydrogen-bond acceptors (Lipinski definition) is 8. The van der Waals surface area contributed by atoms with Crippen molar-refractivity contribution in [2.75, 3.05) is 6.61 Å². The summed E-state index contributed by atoms with van der Waals surface area (Å²) >= 11 is 0. The lowest BCUT2D eigenvalue weighted by atomic mass is 10.1. The molecule has 0 N–H and O–H groups in total. The Bertz CT molecular complexity index is 506. The Labute approximate surface area is 167 Å². The second kappa shape index (κ2) is 12.7. The average Bonchev–Trinajstić information content (AvgIpc) is 2.90. The van der Waals surface area contributed by atoms with Gasteiger partial charge in [-0.1, -0.05) is 39.0 Å². The molecular weight excluding hydrogens is 368 g/mol. The topological polar surface area (TPSA) is 97.4 Å². The van der Waals surface area contributed by atoms with Gasteiger partial charge < -0.3 is 23.7 Å². The number of esters is 3. The van der Waals surface area contributed by atoms with E-state index in [9.17, 15) is 14.4 Å². The lowest BCUT2D eigenvalue weighted by molar-refractivity contribution is -0.194. The molecule has 0 aromatic heterocycles. The van der Waals surface area contributed by atoms with Crippen molar-refractivity contribution in [2.24, 2.45) is 0 Å². The molecule has 0 radical (unpaired) electrons. The van der Waals surface area contributed by atoms with Crippen LogP contribution in [0.25, 0.3) is 0 Å². The first-order valence-corrected chi connectivity index (χ1v) is 10.0. The van der Waals surface area contributed by atoms with Crippen molar-refractivity contribution >= 4 is 17.9 Å². The molecule has 1 fully saturated rings. The van der Waals surface area contributed by atoms with Crippen LogP contribution in [0.15, 0.2) is 0 Å². The van der Waals surface area contributed by atoms with Crippen molar-refractivity contribution < 1.29 is 38.1 Å². The Balaban J connectivity index is 2.74. The smallest absolute Gasteiger partial charge is 0.303 e. The summed E-state index contributed by atoms with van der Waals surface area (Å²) < 4.78 is 27.5. The molecule has 28 heavy (non-hydrogen) atoms. The van der Waals surface area contributed by atoms with Crippen LogP contribution >= 0.6 is 0 Å². The van der Waals surface area contributed by atoms with Gasteiger partial charge in [-0.15, -0.1) is 0 Å². The van der Waals surface area contributed by atoms with Crippen LogP contribution in [-0.4, -0.2) is 55.2 Å². The van der Waals surface area contributed by atoms with Gasteiger partial charge in [0.2, 0.25) is 0 Å². The third-order valence-corrected chi connectivity index (χ3v) is 4.41. The van der Waals surface area contributed by atoms with Gasteiger partial charge in [-0.2, -0.15) is 0 Å². The first-order chi connectivity index (χ1) is 13.3. The van der Waals surface area contributed by atoms with E-state index in [2.05, 4.69) is 6.92 Å². The Morgan fingerprint density at radius 1 is 0.857 bits per heavy atom. The lowest BCUT2D eigenvalue weighted by Crippen LogP contribution is -2.44. The van der Waals surface area contributed by atoms with E-state index in [-0.39, 0.29) is 0 Å². The minimum Gasteiger partial charge on any atom is -0.460 e. The zero-order valence-corrected chi connectivity index (χ0v) is 17.6. The predicted octanol–water partition coefficient (Wildman–Crippen LogP) is 2.90. The van der Waals surface area contributed by atoms with Gasteiger partial charge in [0.25, 0.3) is 0 Å². The molecule has 162 valence electrons. The monoisotopic (exact) mass is 402 g/mol. The van der Waals surface area contributed by atoms with Gasteiger partial charge in [-0.05, 0) is 13.3 Å².